The van der Waals surface area contributed by atoms with E-state index in [-0.39, 0.29) is 12.1 Å². The van der Waals surface area contributed by atoms with Crippen molar-refractivity contribution in [2.24, 2.45) is 0 Å². The van der Waals surface area contributed by atoms with Crippen molar-refractivity contribution in [3.05, 3.63) is 11.8 Å². The number of rotatable bonds is 3. The molecule has 0 amide bonds. The first-order valence-electron chi connectivity index (χ1n) is 3.87. The maximum Gasteiger partial charge on any atom is 0.341 e. The first kappa shape index (κ1) is 11.7. The maximum absolute atomic E-state index is 10.7. The average molecular weight is 186 g/mol. The van der Waals surface area contributed by atoms with Gasteiger partial charge in [-0.1, -0.05) is 0 Å². The van der Waals surface area contributed by atoms with Gasteiger partial charge in [-0.05, 0) is 27.7 Å². The third-order valence-electron chi connectivity index (χ3n) is 0.953. The largest absolute Gasteiger partial charge is 0.493 e. The molecule has 0 aromatic heterocycles. The fourth-order valence-corrected chi connectivity index (χ4v) is 0.760. The average Bonchev–Trinajstić information content (AvgIpc) is 1.81. The molecule has 0 fully saturated rings. The molecular weight excluding hydrogens is 172 g/mol. The molecule has 4 heteroatoms. The summed E-state index contributed by atoms with van der Waals surface area (Å²) in [5.41, 5.74) is -0.359. The Bertz CT molecular complexity index is 222. The molecule has 74 valence electrons. The second kappa shape index (κ2) is 4.64. The second-order valence-corrected chi connectivity index (χ2v) is 3.50. The number of carbonyl (C=O) groups excluding carboxylic acids is 2. The Morgan fingerprint density at radius 3 is 2.23 bits per heavy atom. The van der Waals surface area contributed by atoms with Gasteiger partial charge in [-0.15, -0.1) is 0 Å². The predicted octanol–water partition coefficient (Wildman–Crippen LogP) is 1.40. The Labute approximate surface area is 77.5 Å². The molecule has 0 saturated heterocycles. The van der Waals surface area contributed by atoms with Gasteiger partial charge in [0.1, 0.15) is 11.4 Å². The SMILES string of the molecule is CC(=CC(=O)OC=O)OC(C)(C)C. The summed E-state index contributed by atoms with van der Waals surface area (Å²) in [6.07, 6.45) is 1.12. The molecule has 0 aliphatic rings. The van der Waals surface area contributed by atoms with Crippen molar-refractivity contribution in [3.63, 3.8) is 0 Å². The Morgan fingerprint density at radius 2 is 1.85 bits per heavy atom. The van der Waals surface area contributed by atoms with Crippen molar-refractivity contribution >= 4 is 12.4 Å². The zero-order valence-corrected chi connectivity index (χ0v) is 8.29. The van der Waals surface area contributed by atoms with Gasteiger partial charge in [0.15, 0.2) is 0 Å². The van der Waals surface area contributed by atoms with Crippen molar-refractivity contribution in [1.82, 2.24) is 0 Å². The fourth-order valence-electron chi connectivity index (χ4n) is 0.760. The zero-order valence-electron chi connectivity index (χ0n) is 8.29. The summed E-state index contributed by atoms with van der Waals surface area (Å²) in [7, 11) is 0. The molecule has 0 aromatic carbocycles. The molecular formula is C9H14O4. The minimum Gasteiger partial charge on any atom is -0.493 e. The molecule has 0 rings (SSSR count). The normalized spacial score (nSPS) is 12.2. The van der Waals surface area contributed by atoms with Gasteiger partial charge in [0.05, 0.1) is 6.08 Å². The standard InChI is InChI=1S/C9H14O4/c1-7(13-9(2,3)4)5-8(11)12-6-10/h5-6H,1-4H3. The lowest BCUT2D eigenvalue weighted by Crippen LogP contribution is -2.18. The van der Waals surface area contributed by atoms with Gasteiger partial charge in [-0.3, -0.25) is 4.79 Å². The molecule has 0 unspecified atom stereocenters. The Kier molecular flexibility index (Phi) is 4.17. The molecule has 0 aliphatic carbocycles. The van der Waals surface area contributed by atoms with Gasteiger partial charge in [0, 0.05) is 0 Å². The summed E-state index contributed by atoms with van der Waals surface area (Å²) in [5, 5.41) is 0. The van der Waals surface area contributed by atoms with Crippen LogP contribution in [0, 0.1) is 0 Å². The highest BCUT2D eigenvalue weighted by Crippen LogP contribution is 2.12. The lowest BCUT2D eigenvalue weighted by atomic mass is 10.2. The predicted molar refractivity (Wildman–Crippen MR) is 46.8 cm³/mol. The van der Waals surface area contributed by atoms with Crippen molar-refractivity contribution in [2.75, 3.05) is 0 Å². The minimum absolute atomic E-state index is 0.0865. The van der Waals surface area contributed by atoms with Crippen molar-refractivity contribution < 1.29 is 19.1 Å². The van der Waals surface area contributed by atoms with Crippen LogP contribution in [-0.4, -0.2) is 18.0 Å². The van der Waals surface area contributed by atoms with Crippen LogP contribution in [0.4, 0.5) is 0 Å². The molecule has 4 nitrogen and oxygen atoms in total. The lowest BCUT2D eigenvalue weighted by molar-refractivity contribution is -0.147. The molecule has 0 radical (unpaired) electrons. The summed E-state index contributed by atoms with van der Waals surface area (Å²) in [6, 6.07) is 0. The summed E-state index contributed by atoms with van der Waals surface area (Å²) in [6.45, 7) is 7.28. The van der Waals surface area contributed by atoms with E-state index in [9.17, 15) is 9.59 Å². The van der Waals surface area contributed by atoms with Gasteiger partial charge in [0.2, 0.25) is 0 Å². The molecule has 0 aromatic rings. The topological polar surface area (TPSA) is 52.6 Å². The van der Waals surface area contributed by atoms with Crippen molar-refractivity contribution in [2.45, 2.75) is 33.3 Å². The number of carbonyl (C=O) groups is 2. The van der Waals surface area contributed by atoms with Crippen LogP contribution >= 0.6 is 0 Å². The van der Waals surface area contributed by atoms with E-state index in [2.05, 4.69) is 4.74 Å². The van der Waals surface area contributed by atoms with E-state index in [1.165, 1.54) is 0 Å². The van der Waals surface area contributed by atoms with Crippen molar-refractivity contribution in [1.29, 1.82) is 0 Å². The molecule has 13 heavy (non-hydrogen) atoms. The number of hydrogen-bond acceptors (Lipinski definition) is 4. The molecule has 0 atom stereocenters. The molecule has 0 saturated carbocycles. The summed E-state index contributed by atoms with van der Waals surface area (Å²) in [4.78, 5) is 20.5. The van der Waals surface area contributed by atoms with E-state index in [1.54, 1.807) is 6.92 Å². The van der Waals surface area contributed by atoms with E-state index >= 15 is 0 Å². The Hall–Kier alpha value is -1.32. The summed E-state index contributed by atoms with van der Waals surface area (Å²) in [5.74, 6) is -0.309. The highest BCUT2D eigenvalue weighted by Gasteiger charge is 2.11. The highest BCUT2D eigenvalue weighted by atomic mass is 16.6. The Balaban J connectivity index is 4.17. The quantitative estimate of drug-likeness (QED) is 0.220. The van der Waals surface area contributed by atoms with Crippen LogP contribution in [0.3, 0.4) is 0 Å². The van der Waals surface area contributed by atoms with Gasteiger partial charge in [0.25, 0.3) is 0 Å². The second-order valence-electron chi connectivity index (χ2n) is 3.50. The van der Waals surface area contributed by atoms with Crippen LogP contribution in [0.1, 0.15) is 27.7 Å². The molecule has 0 spiro atoms. The monoisotopic (exact) mass is 186 g/mol. The molecule has 0 aliphatic heterocycles. The van der Waals surface area contributed by atoms with Crippen molar-refractivity contribution in [3.8, 4) is 0 Å². The third kappa shape index (κ3) is 7.05. The van der Waals surface area contributed by atoms with Gasteiger partial charge in [-0.25, -0.2) is 4.79 Å². The number of allylic oxidation sites excluding steroid dienone is 1. The Morgan fingerprint density at radius 1 is 1.31 bits per heavy atom. The highest BCUT2D eigenvalue weighted by molar-refractivity contribution is 5.86. The van der Waals surface area contributed by atoms with Gasteiger partial charge >= 0.3 is 12.4 Å². The van der Waals surface area contributed by atoms with Crippen LogP contribution in [0.5, 0.6) is 0 Å². The number of ether oxygens (including phenoxy) is 2. The first-order chi connectivity index (χ1) is 5.85. The van der Waals surface area contributed by atoms with E-state index in [0.29, 0.717) is 5.76 Å². The molecule has 0 bridgehead atoms. The van der Waals surface area contributed by atoms with Crippen LogP contribution in [0.15, 0.2) is 11.8 Å². The lowest BCUT2D eigenvalue weighted by Gasteiger charge is -2.21. The smallest absolute Gasteiger partial charge is 0.341 e. The van der Waals surface area contributed by atoms with Crippen LogP contribution in [0.25, 0.3) is 0 Å². The van der Waals surface area contributed by atoms with Crippen LogP contribution < -0.4 is 0 Å². The molecule has 0 N–H and O–H groups in total. The molecule has 0 heterocycles. The minimum atomic E-state index is -0.725. The van der Waals surface area contributed by atoms with E-state index in [4.69, 9.17) is 4.74 Å². The van der Waals surface area contributed by atoms with Crippen LogP contribution in [0.2, 0.25) is 0 Å². The third-order valence-corrected chi connectivity index (χ3v) is 0.953. The number of esters is 1. The van der Waals surface area contributed by atoms with E-state index < -0.39 is 5.97 Å². The fraction of sp³-hybridized carbons (Fsp3) is 0.556. The van der Waals surface area contributed by atoms with E-state index in [1.807, 2.05) is 20.8 Å². The van der Waals surface area contributed by atoms with E-state index in [0.717, 1.165) is 6.08 Å². The first-order valence-corrected chi connectivity index (χ1v) is 3.87. The maximum atomic E-state index is 10.7. The number of hydrogen-bond donors (Lipinski definition) is 0. The van der Waals surface area contributed by atoms with Gasteiger partial charge in [-0.2, -0.15) is 0 Å². The summed E-state index contributed by atoms with van der Waals surface area (Å²) >= 11 is 0. The summed E-state index contributed by atoms with van der Waals surface area (Å²) < 4.78 is 9.35. The zero-order chi connectivity index (χ0) is 10.5. The van der Waals surface area contributed by atoms with Gasteiger partial charge < -0.3 is 9.47 Å². The van der Waals surface area contributed by atoms with Crippen LogP contribution in [-0.2, 0) is 19.1 Å².